The molecule has 0 saturated carbocycles. The van der Waals surface area contributed by atoms with Crippen molar-refractivity contribution in [1.82, 2.24) is 20.2 Å². The fraction of sp³-hybridized carbons (Fsp3) is 0.429. The van der Waals surface area contributed by atoms with E-state index in [1.807, 2.05) is 18.2 Å². The third-order valence-corrected chi connectivity index (χ3v) is 3.06. The molecule has 0 aliphatic carbocycles. The Kier molecular flexibility index (Phi) is 4.52. The Balaban J connectivity index is 2.06. The maximum absolute atomic E-state index is 11.4. The predicted molar refractivity (Wildman–Crippen MR) is 76.0 cm³/mol. The Hall–Kier alpha value is -1.88. The molecule has 0 atom stereocenters. The van der Waals surface area contributed by atoms with Gasteiger partial charge in [0.2, 0.25) is 5.91 Å². The number of hydrogen-bond donors (Lipinski definition) is 2. The van der Waals surface area contributed by atoms with E-state index in [2.05, 4.69) is 33.2 Å². The number of aromatic nitrogens is 2. The summed E-state index contributed by atoms with van der Waals surface area (Å²) < 4.78 is 2.19. The number of nitrogens with one attached hydrogen (secondary N) is 2. The van der Waals surface area contributed by atoms with Crippen LogP contribution in [-0.4, -0.2) is 35.6 Å². The first-order valence-corrected chi connectivity index (χ1v) is 6.61. The summed E-state index contributed by atoms with van der Waals surface area (Å²) in [5.74, 6) is 1.04. The van der Waals surface area contributed by atoms with Crippen molar-refractivity contribution in [2.45, 2.75) is 19.9 Å². The van der Waals surface area contributed by atoms with Gasteiger partial charge in [-0.15, -0.1) is 0 Å². The first kappa shape index (κ1) is 13.5. The first-order valence-electron chi connectivity index (χ1n) is 6.61. The molecule has 2 aromatic rings. The molecule has 0 saturated heterocycles. The van der Waals surface area contributed by atoms with E-state index in [9.17, 15) is 4.79 Å². The monoisotopic (exact) mass is 260 g/mol. The number of likely N-dealkylation sites (N-methyl/N-ethyl adjacent to an activating group) is 1. The summed E-state index contributed by atoms with van der Waals surface area (Å²) in [6.07, 6.45) is 0.748. The third-order valence-electron chi connectivity index (χ3n) is 3.06. The quantitative estimate of drug-likeness (QED) is 0.812. The normalized spacial score (nSPS) is 10.8. The van der Waals surface area contributed by atoms with Crippen molar-refractivity contribution in [3.05, 3.63) is 30.1 Å². The molecule has 19 heavy (non-hydrogen) atoms. The number of imidazole rings is 1. The van der Waals surface area contributed by atoms with Gasteiger partial charge in [-0.3, -0.25) is 4.79 Å². The molecule has 1 aromatic heterocycles. The number of benzene rings is 1. The van der Waals surface area contributed by atoms with Crippen LogP contribution in [0.25, 0.3) is 11.0 Å². The van der Waals surface area contributed by atoms with E-state index in [4.69, 9.17) is 0 Å². The van der Waals surface area contributed by atoms with Crippen LogP contribution in [0.5, 0.6) is 0 Å². The Bertz CT molecular complexity index is 562. The highest BCUT2D eigenvalue weighted by molar-refractivity contribution is 5.78. The number of hydrogen-bond acceptors (Lipinski definition) is 3. The molecule has 0 radical (unpaired) electrons. The summed E-state index contributed by atoms with van der Waals surface area (Å²) in [6, 6.07) is 8.11. The zero-order chi connectivity index (χ0) is 13.7. The smallest absolute Gasteiger partial charge is 0.233 e. The van der Waals surface area contributed by atoms with E-state index < -0.39 is 0 Å². The van der Waals surface area contributed by atoms with Gasteiger partial charge in [-0.1, -0.05) is 12.1 Å². The Morgan fingerprint density at radius 1 is 1.37 bits per heavy atom. The molecule has 5 heteroatoms. The van der Waals surface area contributed by atoms with Crippen molar-refractivity contribution in [3.8, 4) is 0 Å². The highest BCUT2D eigenvalue weighted by Crippen LogP contribution is 2.15. The number of amides is 1. The van der Waals surface area contributed by atoms with Crippen molar-refractivity contribution in [2.75, 3.05) is 20.1 Å². The van der Waals surface area contributed by atoms with Crippen molar-refractivity contribution < 1.29 is 4.79 Å². The van der Waals surface area contributed by atoms with Gasteiger partial charge in [0.05, 0.1) is 17.6 Å². The molecule has 0 spiro atoms. The van der Waals surface area contributed by atoms with Gasteiger partial charge in [0.25, 0.3) is 0 Å². The predicted octanol–water partition coefficient (Wildman–Crippen LogP) is 0.934. The molecule has 0 aliphatic rings. The number of fused-ring (bicyclic) bond motifs is 1. The van der Waals surface area contributed by atoms with Gasteiger partial charge in [-0.05, 0) is 26.1 Å². The molecule has 2 N–H and O–H groups in total. The first-order chi connectivity index (χ1) is 9.26. The Morgan fingerprint density at radius 2 is 2.16 bits per heavy atom. The summed E-state index contributed by atoms with van der Waals surface area (Å²) in [5, 5.41) is 5.70. The molecule has 1 amide bonds. The van der Waals surface area contributed by atoms with Gasteiger partial charge < -0.3 is 15.2 Å². The summed E-state index contributed by atoms with van der Waals surface area (Å²) in [4.78, 5) is 16.0. The van der Waals surface area contributed by atoms with E-state index >= 15 is 0 Å². The minimum atomic E-state index is 0.0154. The number of carbonyl (C=O) groups excluding carboxylic acids is 1. The van der Waals surface area contributed by atoms with Crippen molar-refractivity contribution in [3.63, 3.8) is 0 Å². The highest BCUT2D eigenvalue weighted by Gasteiger charge is 2.08. The number of para-hydroxylation sites is 2. The standard InChI is InChI=1S/C14H20N4O/c1-3-18-12-7-5-4-6-11(12)17-13(18)8-9-16-14(19)10-15-2/h4-7,15H,3,8-10H2,1-2H3,(H,16,19). The van der Waals surface area contributed by atoms with Crippen LogP contribution >= 0.6 is 0 Å². The third kappa shape index (κ3) is 3.12. The number of carbonyl (C=O) groups is 1. The molecule has 0 aliphatic heterocycles. The van der Waals surface area contributed by atoms with E-state index in [1.54, 1.807) is 7.05 Å². The maximum atomic E-state index is 11.4. The van der Waals surface area contributed by atoms with Crippen LogP contribution in [0.4, 0.5) is 0 Å². The molecular weight excluding hydrogens is 240 g/mol. The van der Waals surface area contributed by atoms with E-state index in [0.717, 1.165) is 29.8 Å². The Labute approximate surface area is 113 Å². The molecule has 5 nitrogen and oxygen atoms in total. The second-order valence-corrected chi connectivity index (χ2v) is 4.39. The maximum Gasteiger partial charge on any atom is 0.233 e. The van der Waals surface area contributed by atoms with Crippen molar-refractivity contribution >= 4 is 16.9 Å². The number of rotatable bonds is 6. The van der Waals surface area contributed by atoms with Crippen LogP contribution in [0.2, 0.25) is 0 Å². The van der Waals surface area contributed by atoms with E-state index in [0.29, 0.717) is 13.1 Å². The average molecular weight is 260 g/mol. The summed E-state index contributed by atoms with van der Waals surface area (Å²) in [5.41, 5.74) is 2.17. The lowest BCUT2D eigenvalue weighted by Gasteiger charge is -2.07. The topological polar surface area (TPSA) is 59.0 Å². The average Bonchev–Trinajstić information content (AvgIpc) is 2.76. The van der Waals surface area contributed by atoms with Crippen LogP contribution in [0.15, 0.2) is 24.3 Å². The second kappa shape index (κ2) is 6.33. The number of nitrogens with zero attached hydrogens (tertiary/aromatic N) is 2. The molecule has 0 fully saturated rings. The molecule has 0 unspecified atom stereocenters. The van der Waals surface area contributed by atoms with Crippen LogP contribution in [0, 0.1) is 0 Å². The Morgan fingerprint density at radius 3 is 2.89 bits per heavy atom. The summed E-state index contributed by atoms with van der Waals surface area (Å²) in [7, 11) is 1.76. The van der Waals surface area contributed by atoms with Gasteiger partial charge in [0.15, 0.2) is 0 Å². The van der Waals surface area contributed by atoms with Crippen LogP contribution in [0.1, 0.15) is 12.7 Å². The minimum absolute atomic E-state index is 0.0154. The van der Waals surface area contributed by atoms with Gasteiger partial charge in [-0.2, -0.15) is 0 Å². The van der Waals surface area contributed by atoms with Gasteiger partial charge in [0.1, 0.15) is 5.82 Å². The zero-order valence-corrected chi connectivity index (χ0v) is 11.4. The minimum Gasteiger partial charge on any atom is -0.355 e. The van der Waals surface area contributed by atoms with Crippen LogP contribution in [-0.2, 0) is 17.8 Å². The molecule has 1 heterocycles. The molecule has 0 bridgehead atoms. The second-order valence-electron chi connectivity index (χ2n) is 4.39. The molecule has 1 aromatic carbocycles. The fourth-order valence-corrected chi connectivity index (χ4v) is 2.21. The fourth-order valence-electron chi connectivity index (χ4n) is 2.21. The molecule has 102 valence electrons. The summed E-state index contributed by atoms with van der Waals surface area (Å²) in [6.45, 7) is 3.96. The lowest BCUT2D eigenvalue weighted by atomic mass is 10.3. The largest absolute Gasteiger partial charge is 0.355 e. The lowest BCUT2D eigenvalue weighted by molar-refractivity contribution is -0.120. The lowest BCUT2D eigenvalue weighted by Crippen LogP contribution is -2.33. The van der Waals surface area contributed by atoms with Crippen LogP contribution < -0.4 is 10.6 Å². The van der Waals surface area contributed by atoms with E-state index in [-0.39, 0.29) is 5.91 Å². The summed E-state index contributed by atoms with van der Waals surface area (Å²) >= 11 is 0. The van der Waals surface area contributed by atoms with E-state index in [1.165, 1.54) is 0 Å². The molecular formula is C14H20N4O. The molecule has 2 rings (SSSR count). The van der Waals surface area contributed by atoms with Gasteiger partial charge >= 0.3 is 0 Å². The van der Waals surface area contributed by atoms with Crippen molar-refractivity contribution in [2.24, 2.45) is 0 Å². The number of aryl methyl sites for hydroxylation is 1. The SMILES string of the molecule is CCn1c(CCNC(=O)CNC)nc2ccccc21. The van der Waals surface area contributed by atoms with Crippen LogP contribution in [0.3, 0.4) is 0 Å². The highest BCUT2D eigenvalue weighted by atomic mass is 16.1. The van der Waals surface area contributed by atoms with Crippen molar-refractivity contribution in [1.29, 1.82) is 0 Å². The van der Waals surface area contributed by atoms with Gasteiger partial charge in [0, 0.05) is 19.5 Å². The van der Waals surface area contributed by atoms with Gasteiger partial charge in [-0.25, -0.2) is 4.98 Å². The zero-order valence-electron chi connectivity index (χ0n) is 11.4.